The lowest BCUT2D eigenvalue weighted by Crippen LogP contribution is -2.07. The first kappa shape index (κ1) is 31.7. The Kier molecular flexibility index (Phi) is 10.9. The van der Waals surface area contributed by atoms with Crippen LogP contribution in [0.3, 0.4) is 0 Å². The first-order chi connectivity index (χ1) is 19.4. The van der Waals surface area contributed by atoms with Gasteiger partial charge in [0.15, 0.2) is 0 Å². The van der Waals surface area contributed by atoms with E-state index in [2.05, 4.69) is 117 Å². The lowest BCUT2D eigenvalue weighted by atomic mass is 9.81. The van der Waals surface area contributed by atoms with Gasteiger partial charge in [-0.3, -0.25) is 18.5 Å². The molecule has 0 saturated carbocycles. The fourth-order valence-electron chi connectivity index (χ4n) is 4.97. The second-order valence-electron chi connectivity index (χ2n) is 10.9. The van der Waals surface area contributed by atoms with Crippen molar-refractivity contribution in [2.75, 3.05) is 7.05 Å². The molecule has 3 aromatic carbocycles. The van der Waals surface area contributed by atoms with Crippen LogP contribution in [0, 0.1) is 19.8 Å². The Hall–Kier alpha value is -3.86. The van der Waals surface area contributed by atoms with Crippen molar-refractivity contribution in [2.24, 2.45) is 15.8 Å². The Balaban J connectivity index is 2.36. The number of nitrogens with zero attached hydrogens (tertiary/aromatic N) is 2. The third kappa shape index (κ3) is 8.56. The van der Waals surface area contributed by atoms with Crippen LogP contribution in [0.1, 0.15) is 58.2 Å². The molecule has 0 fully saturated rings. The molecule has 0 aliphatic carbocycles. The summed E-state index contributed by atoms with van der Waals surface area (Å²) in [6, 6.07) is 23.9. The number of hydrogen-bond acceptors (Lipinski definition) is 2. The topological polar surface area (TPSA) is 24.7 Å². The molecule has 2 nitrogen and oxygen atoms in total. The average Bonchev–Trinajstić information content (AvgIpc) is 2.93. The van der Waals surface area contributed by atoms with Gasteiger partial charge in [-0.2, -0.15) is 0 Å². The monoisotopic (exact) mass is 550 g/mol. The Labute approximate surface area is 245 Å². The van der Waals surface area contributed by atoms with Crippen LogP contribution in [0.15, 0.2) is 105 Å². The summed E-state index contributed by atoms with van der Waals surface area (Å²) in [5.41, 5.74) is 13.6. The summed E-state index contributed by atoms with van der Waals surface area (Å²) in [6.07, 6.45) is 3.86. The number of aliphatic imine (C=N–C) groups is 1. The van der Waals surface area contributed by atoms with Gasteiger partial charge in [0.2, 0.25) is 0 Å². The summed E-state index contributed by atoms with van der Waals surface area (Å²) in [5.74, 6) is 0.0431. The van der Waals surface area contributed by atoms with Crippen LogP contribution in [-0.4, -0.2) is 25.9 Å². The number of rotatable bonds is 9. The fraction of sp³-hybridized carbons (Fsp3) is 0.278. The molecule has 3 aromatic rings. The summed E-state index contributed by atoms with van der Waals surface area (Å²) in [6.45, 7) is 16.2. The van der Waals surface area contributed by atoms with Crippen molar-refractivity contribution >= 4 is 24.4 Å². The molecule has 0 N–H and O–H groups in total. The molecule has 1 atom stereocenters. The summed E-state index contributed by atoms with van der Waals surface area (Å²) in [7, 11) is -0.936. The zero-order valence-corrected chi connectivity index (χ0v) is 25.8. The SMILES string of the molecule is C/N=C(C)/C=C(/C)C(C)/C(=C(C)/C(C)=C\C(C)=N\B(F)F)c1cc(-c2ccc(C)cc2)cc(-c2ccc(C)cc2)c1. The molecule has 0 saturated heterocycles. The molecule has 0 aromatic heterocycles. The van der Waals surface area contributed by atoms with Gasteiger partial charge in [0, 0.05) is 24.4 Å². The van der Waals surface area contributed by atoms with Crippen LogP contribution < -0.4 is 0 Å². The normalized spacial score (nSPS) is 14.6. The van der Waals surface area contributed by atoms with E-state index in [1.165, 1.54) is 16.7 Å². The van der Waals surface area contributed by atoms with E-state index in [1.54, 1.807) is 20.0 Å². The largest absolute Gasteiger partial charge is 0.692 e. The van der Waals surface area contributed by atoms with Gasteiger partial charge in [0.25, 0.3) is 0 Å². The lowest BCUT2D eigenvalue weighted by molar-refractivity contribution is 0.662. The molecular formula is C36H41BF2N2. The molecule has 212 valence electrons. The third-order valence-corrected chi connectivity index (χ3v) is 7.64. The predicted molar refractivity (Wildman–Crippen MR) is 176 cm³/mol. The quantitative estimate of drug-likeness (QED) is 0.144. The number of halogens is 2. The van der Waals surface area contributed by atoms with Gasteiger partial charge in [0.1, 0.15) is 0 Å². The second kappa shape index (κ2) is 14.2. The van der Waals surface area contributed by atoms with Crippen LogP contribution in [0.4, 0.5) is 8.63 Å². The van der Waals surface area contributed by atoms with Crippen LogP contribution in [0.25, 0.3) is 27.8 Å². The van der Waals surface area contributed by atoms with Gasteiger partial charge in [-0.05, 0) is 123 Å². The lowest BCUT2D eigenvalue weighted by Gasteiger charge is -2.23. The molecule has 0 heterocycles. The highest BCUT2D eigenvalue weighted by atomic mass is 19.2. The van der Waals surface area contributed by atoms with E-state index in [0.29, 0.717) is 5.71 Å². The van der Waals surface area contributed by atoms with E-state index >= 15 is 0 Å². The van der Waals surface area contributed by atoms with E-state index in [9.17, 15) is 8.63 Å². The molecule has 0 amide bonds. The Bertz CT molecular complexity index is 1460. The van der Waals surface area contributed by atoms with E-state index in [-0.39, 0.29) is 5.92 Å². The minimum Gasteiger partial charge on any atom is -0.293 e. The van der Waals surface area contributed by atoms with E-state index in [4.69, 9.17) is 0 Å². The summed E-state index contributed by atoms with van der Waals surface area (Å²) in [5, 5.41) is 0. The highest BCUT2D eigenvalue weighted by Crippen LogP contribution is 2.39. The second-order valence-corrected chi connectivity index (χ2v) is 10.9. The minimum atomic E-state index is -2.73. The number of allylic oxidation sites excluding steroid dienone is 6. The van der Waals surface area contributed by atoms with Gasteiger partial charge in [-0.25, -0.2) is 0 Å². The maximum atomic E-state index is 13.0. The number of hydrogen-bond donors (Lipinski definition) is 0. The van der Waals surface area contributed by atoms with Crippen molar-refractivity contribution < 1.29 is 8.63 Å². The molecule has 3 rings (SSSR count). The zero-order valence-electron chi connectivity index (χ0n) is 25.8. The van der Waals surface area contributed by atoms with E-state index < -0.39 is 7.40 Å². The molecule has 0 spiro atoms. The molecule has 0 aliphatic heterocycles. The summed E-state index contributed by atoms with van der Waals surface area (Å²) < 4.78 is 25.9. The highest BCUT2D eigenvalue weighted by molar-refractivity contribution is 6.43. The van der Waals surface area contributed by atoms with Gasteiger partial charge in [0.05, 0.1) is 0 Å². The first-order valence-electron chi connectivity index (χ1n) is 14.0. The maximum Gasteiger partial charge on any atom is 0.692 e. The van der Waals surface area contributed by atoms with Crippen molar-refractivity contribution in [2.45, 2.75) is 55.4 Å². The molecule has 41 heavy (non-hydrogen) atoms. The van der Waals surface area contributed by atoms with E-state index in [0.717, 1.165) is 50.2 Å². The Morgan fingerprint density at radius 3 is 1.63 bits per heavy atom. The van der Waals surface area contributed by atoms with Crippen molar-refractivity contribution in [1.29, 1.82) is 0 Å². The smallest absolute Gasteiger partial charge is 0.293 e. The van der Waals surface area contributed by atoms with Crippen molar-refractivity contribution in [3.05, 3.63) is 112 Å². The van der Waals surface area contributed by atoms with Crippen LogP contribution >= 0.6 is 0 Å². The average molecular weight is 551 g/mol. The predicted octanol–water partition coefficient (Wildman–Crippen LogP) is 10.4. The van der Waals surface area contributed by atoms with E-state index in [1.807, 2.05) is 13.8 Å². The first-order valence-corrected chi connectivity index (χ1v) is 14.0. The zero-order chi connectivity index (χ0) is 30.3. The molecule has 0 radical (unpaired) electrons. The van der Waals surface area contributed by atoms with Crippen molar-refractivity contribution in [3.8, 4) is 22.3 Å². The summed E-state index contributed by atoms with van der Waals surface area (Å²) in [4.78, 5) is 7.78. The Morgan fingerprint density at radius 1 is 0.707 bits per heavy atom. The highest BCUT2D eigenvalue weighted by Gasteiger charge is 2.20. The standard InChI is InChI=1S/C36H41BF2N2/c1-23-10-14-31(15-11-23)33-20-34(32-16-12-24(2)13-17-32)22-35(21-33)36(29(7)25(3)18-27(5)40-9)30(8)26(4)19-28(6)41-37(38)39/h10-22,29H,1-9H3/b25-18-,26-19-,36-30-,40-27+,41-28+. The minimum absolute atomic E-state index is 0.0431. The molecular weight excluding hydrogens is 509 g/mol. The van der Waals surface area contributed by atoms with Gasteiger partial charge in [-0.15, -0.1) is 0 Å². The molecule has 1 unspecified atom stereocenters. The Morgan fingerprint density at radius 2 is 1.20 bits per heavy atom. The van der Waals surface area contributed by atoms with Crippen LogP contribution in [-0.2, 0) is 0 Å². The van der Waals surface area contributed by atoms with Crippen LogP contribution in [0.5, 0.6) is 0 Å². The third-order valence-electron chi connectivity index (χ3n) is 7.64. The van der Waals surface area contributed by atoms with Crippen molar-refractivity contribution in [3.63, 3.8) is 0 Å². The van der Waals surface area contributed by atoms with Crippen molar-refractivity contribution in [1.82, 2.24) is 0 Å². The number of benzene rings is 3. The van der Waals surface area contributed by atoms with Gasteiger partial charge in [-0.1, -0.05) is 72.2 Å². The number of aryl methyl sites for hydroxylation is 2. The molecule has 0 aliphatic rings. The van der Waals surface area contributed by atoms with Gasteiger partial charge < -0.3 is 0 Å². The van der Waals surface area contributed by atoms with Gasteiger partial charge >= 0.3 is 7.40 Å². The molecule has 0 bridgehead atoms. The fourth-order valence-corrected chi connectivity index (χ4v) is 4.97. The summed E-state index contributed by atoms with van der Waals surface area (Å²) >= 11 is 0. The van der Waals surface area contributed by atoms with Crippen LogP contribution in [0.2, 0.25) is 0 Å². The maximum absolute atomic E-state index is 13.0. The molecule has 5 heteroatoms.